The summed E-state index contributed by atoms with van der Waals surface area (Å²) in [6.07, 6.45) is 0.893. The standard InChI is InChI=1S/C20H29F2N5O/c1-5-23-20(24-11-6-12-27-16(3)13-15(2)25-27)26(4)14-17-7-9-18(10-8-17)28-19(21)22/h7-10,13,19H,5-6,11-12,14H2,1-4H3,(H,23,24). The second-order valence-corrected chi connectivity index (χ2v) is 6.62. The van der Waals surface area contributed by atoms with Crippen LogP contribution in [0.1, 0.15) is 30.3 Å². The van der Waals surface area contributed by atoms with Gasteiger partial charge in [-0.1, -0.05) is 12.1 Å². The molecule has 0 unspecified atom stereocenters. The number of nitrogens with zero attached hydrogens (tertiary/aromatic N) is 4. The molecule has 0 saturated heterocycles. The molecule has 2 rings (SSSR count). The van der Waals surface area contributed by atoms with Crippen molar-refractivity contribution in [2.75, 3.05) is 20.1 Å². The molecule has 0 spiro atoms. The summed E-state index contributed by atoms with van der Waals surface area (Å²) in [5.41, 5.74) is 3.17. The van der Waals surface area contributed by atoms with Crippen LogP contribution in [0, 0.1) is 13.8 Å². The normalized spacial score (nSPS) is 11.8. The number of aromatic nitrogens is 2. The maximum absolute atomic E-state index is 12.2. The zero-order chi connectivity index (χ0) is 20.5. The molecule has 0 radical (unpaired) electrons. The van der Waals surface area contributed by atoms with Gasteiger partial charge in [0.25, 0.3) is 0 Å². The maximum Gasteiger partial charge on any atom is 0.387 e. The number of nitrogens with one attached hydrogen (secondary N) is 1. The molecule has 0 aliphatic rings. The molecule has 6 nitrogen and oxygen atoms in total. The predicted molar refractivity (Wildman–Crippen MR) is 107 cm³/mol. The zero-order valence-electron chi connectivity index (χ0n) is 17.0. The maximum atomic E-state index is 12.2. The van der Waals surface area contributed by atoms with Gasteiger partial charge in [0.05, 0.1) is 5.69 Å². The average molecular weight is 393 g/mol. The number of ether oxygens (including phenoxy) is 1. The van der Waals surface area contributed by atoms with E-state index in [-0.39, 0.29) is 5.75 Å². The van der Waals surface area contributed by atoms with E-state index in [1.54, 1.807) is 24.3 Å². The van der Waals surface area contributed by atoms with Gasteiger partial charge < -0.3 is 15.0 Å². The number of rotatable bonds is 9. The quantitative estimate of drug-likeness (QED) is 0.402. The van der Waals surface area contributed by atoms with Gasteiger partial charge in [-0.25, -0.2) is 0 Å². The fraction of sp³-hybridized carbons (Fsp3) is 0.500. The van der Waals surface area contributed by atoms with Gasteiger partial charge >= 0.3 is 6.61 Å². The van der Waals surface area contributed by atoms with Crippen LogP contribution in [0.15, 0.2) is 35.3 Å². The Morgan fingerprint density at radius 2 is 2.00 bits per heavy atom. The van der Waals surface area contributed by atoms with Gasteiger partial charge in [-0.15, -0.1) is 0 Å². The summed E-state index contributed by atoms with van der Waals surface area (Å²) in [5.74, 6) is 0.968. The van der Waals surface area contributed by atoms with Gasteiger partial charge in [0.15, 0.2) is 5.96 Å². The summed E-state index contributed by atoms with van der Waals surface area (Å²) in [6, 6.07) is 8.72. The molecule has 8 heteroatoms. The van der Waals surface area contributed by atoms with Crippen molar-refractivity contribution in [3.63, 3.8) is 0 Å². The Kier molecular flexibility index (Phi) is 8.22. The highest BCUT2D eigenvalue weighted by atomic mass is 19.3. The predicted octanol–water partition coefficient (Wildman–Crippen LogP) is 3.59. The first kappa shape index (κ1) is 21.7. The van der Waals surface area contributed by atoms with Crippen LogP contribution in [0.4, 0.5) is 8.78 Å². The molecule has 1 N–H and O–H groups in total. The van der Waals surface area contributed by atoms with Crippen molar-refractivity contribution in [3.8, 4) is 5.75 Å². The lowest BCUT2D eigenvalue weighted by Gasteiger charge is -2.22. The van der Waals surface area contributed by atoms with Crippen LogP contribution in [-0.2, 0) is 13.1 Å². The highest BCUT2D eigenvalue weighted by Crippen LogP contribution is 2.15. The van der Waals surface area contributed by atoms with Crippen molar-refractivity contribution in [2.45, 2.75) is 46.9 Å². The summed E-state index contributed by atoms with van der Waals surface area (Å²) in [6.45, 7) is 6.15. The van der Waals surface area contributed by atoms with Crippen molar-refractivity contribution in [1.82, 2.24) is 20.0 Å². The third-order valence-electron chi connectivity index (χ3n) is 4.16. The minimum Gasteiger partial charge on any atom is -0.435 e. The summed E-state index contributed by atoms with van der Waals surface area (Å²) < 4.78 is 30.9. The number of hydrogen-bond acceptors (Lipinski definition) is 3. The van der Waals surface area contributed by atoms with Crippen LogP contribution in [0.3, 0.4) is 0 Å². The number of hydrogen-bond donors (Lipinski definition) is 1. The molecule has 2 aromatic rings. The second kappa shape index (κ2) is 10.6. The molecular formula is C20H29F2N5O. The second-order valence-electron chi connectivity index (χ2n) is 6.62. The average Bonchev–Trinajstić information content (AvgIpc) is 2.96. The zero-order valence-corrected chi connectivity index (χ0v) is 17.0. The van der Waals surface area contributed by atoms with E-state index in [1.165, 1.54) is 0 Å². The Morgan fingerprint density at radius 3 is 2.57 bits per heavy atom. The van der Waals surface area contributed by atoms with Crippen LogP contribution >= 0.6 is 0 Å². The fourth-order valence-corrected chi connectivity index (χ4v) is 2.90. The third-order valence-corrected chi connectivity index (χ3v) is 4.16. The van der Waals surface area contributed by atoms with E-state index in [4.69, 9.17) is 0 Å². The molecule has 0 amide bonds. The van der Waals surface area contributed by atoms with Crippen molar-refractivity contribution in [1.29, 1.82) is 0 Å². The van der Waals surface area contributed by atoms with E-state index in [1.807, 2.05) is 30.5 Å². The molecule has 0 saturated carbocycles. The Bertz CT molecular complexity index is 758. The molecule has 0 atom stereocenters. The number of guanidine groups is 1. The van der Waals surface area contributed by atoms with Crippen LogP contribution in [-0.4, -0.2) is 47.4 Å². The highest BCUT2D eigenvalue weighted by Gasteiger charge is 2.08. The van der Waals surface area contributed by atoms with E-state index in [0.717, 1.165) is 42.4 Å². The van der Waals surface area contributed by atoms with Crippen molar-refractivity contribution < 1.29 is 13.5 Å². The third kappa shape index (κ3) is 6.83. The molecular weight excluding hydrogens is 364 g/mol. The Labute approximate surface area is 165 Å². The summed E-state index contributed by atoms with van der Waals surface area (Å²) >= 11 is 0. The highest BCUT2D eigenvalue weighted by molar-refractivity contribution is 5.79. The molecule has 0 aliphatic heterocycles. The lowest BCUT2D eigenvalue weighted by atomic mass is 10.2. The Hall–Kier alpha value is -2.64. The van der Waals surface area contributed by atoms with Gasteiger partial charge in [0, 0.05) is 38.9 Å². The SMILES string of the molecule is CCNC(=NCCCn1nc(C)cc1C)N(C)Cc1ccc(OC(F)F)cc1. The minimum atomic E-state index is -2.81. The topological polar surface area (TPSA) is 54.7 Å². The number of halogens is 2. The van der Waals surface area contributed by atoms with Gasteiger partial charge in [-0.05, 0) is 51.0 Å². The summed E-state index contributed by atoms with van der Waals surface area (Å²) in [5, 5.41) is 7.75. The summed E-state index contributed by atoms with van der Waals surface area (Å²) in [7, 11) is 1.95. The minimum absolute atomic E-state index is 0.158. The molecule has 0 aliphatic carbocycles. The number of aliphatic imine (C=N–C) groups is 1. The van der Waals surface area contributed by atoms with Crippen LogP contribution < -0.4 is 10.1 Å². The molecule has 0 bridgehead atoms. The van der Waals surface area contributed by atoms with Crippen molar-refractivity contribution >= 4 is 5.96 Å². The smallest absolute Gasteiger partial charge is 0.387 e. The number of benzene rings is 1. The van der Waals surface area contributed by atoms with Gasteiger partial charge in [0.2, 0.25) is 0 Å². The lowest BCUT2D eigenvalue weighted by molar-refractivity contribution is -0.0498. The van der Waals surface area contributed by atoms with Gasteiger partial charge in [-0.3, -0.25) is 9.67 Å². The molecule has 1 aromatic heterocycles. The van der Waals surface area contributed by atoms with E-state index >= 15 is 0 Å². The van der Waals surface area contributed by atoms with E-state index in [2.05, 4.69) is 33.1 Å². The van der Waals surface area contributed by atoms with Crippen LogP contribution in [0.5, 0.6) is 5.75 Å². The lowest BCUT2D eigenvalue weighted by Crippen LogP contribution is -2.38. The van der Waals surface area contributed by atoms with Crippen LogP contribution in [0.2, 0.25) is 0 Å². The first-order chi connectivity index (χ1) is 13.4. The Morgan fingerprint density at radius 1 is 1.29 bits per heavy atom. The number of alkyl halides is 2. The van der Waals surface area contributed by atoms with Crippen molar-refractivity contribution in [3.05, 3.63) is 47.3 Å². The fourth-order valence-electron chi connectivity index (χ4n) is 2.90. The molecule has 1 aromatic carbocycles. The van der Waals surface area contributed by atoms with Crippen LogP contribution in [0.25, 0.3) is 0 Å². The van der Waals surface area contributed by atoms with E-state index in [9.17, 15) is 8.78 Å². The van der Waals surface area contributed by atoms with Gasteiger partial charge in [-0.2, -0.15) is 13.9 Å². The number of aryl methyl sites for hydroxylation is 3. The molecule has 1 heterocycles. The monoisotopic (exact) mass is 393 g/mol. The summed E-state index contributed by atoms with van der Waals surface area (Å²) in [4.78, 5) is 6.69. The largest absolute Gasteiger partial charge is 0.435 e. The molecule has 0 fully saturated rings. The molecule has 154 valence electrons. The van der Waals surface area contributed by atoms with E-state index in [0.29, 0.717) is 13.1 Å². The first-order valence-electron chi connectivity index (χ1n) is 9.43. The van der Waals surface area contributed by atoms with Crippen molar-refractivity contribution in [2.24, 2.45) is 4.99 Å². The first-order valence-corrected chi connectivity index (χ1v) is 9.43. The van der Waals surface area contributed by atoms with Gasteiger partial charge in [0.1, 0.15) is 5.75 Å². The molecule has 28 heavy (non-hydrogen) atoms. The van der Waals surface area contributed by atoms with E-state index < -0.39 is 6.61 Å². The Balaban J connectivity index is 1.90.